The van der Waals surface area contributed by atoms with E-state index in [2.05, 4.69) is 21.9 Å². The van der Waals surface area contributed by atoms with E-state index in [0.29, 0.717) is 12.1 Å². The van der Waals surface area contributed by atoms with Gasteiger partial charge in [-0.2, -0.15) is 0 Å². The van der Waals surface area contributed by atoms with Crippen LogP contribution in [0.2, 0.25) is 0 Å². The van der Waals surface area contributed by atoms with Crippen LogP contribution in [0.5, 0.6) is 0 Å². The number of nitrogens with one attached hydrogen (secondary N) is 3. The van der Waals surface area contributed by atoms with Crippen molar-refractivity contribution in [2.24, 2.45) is 0 Å². The van der Waals surface area contributed by atoms with E-state index in [-0.39, 0.29) is 24.3 Å². The zero-order chi connectivity index (χ0) is 22.1. The van der Waals surface area contributed by atoms with Gasteiger partial charge in [0.05, 0.1) is 11.7 Å². The summed E-state index contributed by atoms with van der Waals surface area (Å²) in [4.78, 5) is 31.1. The third-order valence-corrected chi connectivity index (χ3v) is 5.97. The Kier molecular flexibility index (Phi) is 5.11. The molecule has 6 heteroatoms. The molecular weight excluding hydrogens is 400 g/mol. The van der Waals surface area contributed by atoms with E-state index in [1.54, 1.807) is 0 Å². The molecule has 0 saturated heterocycles. The van der Waals surface area contributed by atoms with E-state index in [4.69, 9.17) is 0 Å². The smallest absolute Gasteiger partial charge is 0.255 e. The number of benzene rings is 3. The van der Waals surface area contributed by atoms with Gasteiger partial charge in [0.2, 0.25) is 5.91 Å². The molecule has 6 nitrogen and oxygen atoms in total. The van der Waals surface area contributed by atoms with Crippen LogP contribution < -0.4 is 10.9 Å². The van der Waals surface area contributed by atoms with E-state index >= 15 is 0 Å². The quantitative estimate of drug-likeness (QED) is 0.397. The molecule has 2 amide bonds. The molecule has 32 heavy (non-hydrogen) atoms. The minimum atomic E-state index is -0.232. The van der Waals surface area contributed by atoms with Crippen LogP contribution in [0.25, 0.3) is 10.9 Å². The molecular formula is C26H24N4O2. The zero-order valence-corrected chi connectivity index (χ0v) is 17.8. The third-order valence-electron chi connectivity index (χ3n) is 5.97. The summed E-state index contributed by atoms with van der Waals surface area (Å²) in [6, 6.07) is 25.1. The number of H-pyrrole nitrogens is 1. The molecule has 3 N–H and O–H groups in total. The molecule has 0 unspecified atom stereocenters. The number of rotatable bonds is 6. The number of hydrazine groups is 1. The van der Waals surface area contributed by atoms with Gasteiger partial charge in [0.15, 0.2) is 0 Å². The lowest BCUT2D eigenvalue weighted by Gasteiger charge is -2.26. The van der Waals surface area contributed by atoms with Gasteiger partial charge < -0.3 is 9.88 Å². The molecule has 4 aromatic rings. The number of nitrogens with zero attached hydrogens (tertiary/aromatic N) is 1. The molecule has 0 fully saturated rings. The largest absolute Gasteiger partial charge is 0.358 e. The topological polar surface area (TPSA) is 77.2 Å². The van der Waals surface area contributed by atoms with Crippen molar-refractivity contribution >= 4 is 28.4 Å². The Morgan fingerprint density at radius 2 is 1.69 bits per heavy atom. The van der Waals surface area contributed by atoms with E-state index in [1.807, 2.05) is 84.6 Å². The lowest BCUT2D eigenvalue weighted by molar-refractivity contribution is -0.120. The van der Waals surface area contributed by atoms with Crippen molar-refractivity contribution < 1.29 is 9.59 Å². The first-order valence-corrected chi connectivity index (χ1v) is 10.7. The molecule has 0 saturated carbocycles. The first-order chi connectivity index (χ1) is 15.6. The van der Waals surface area contributed by atoms with Crippen molar-refractivity contribution in [1.82, 2.24) is 15.3 Å². The van der Waals surface area contributed by atoms with Gasteiger partial charge in [0.25, 0.3) is 5.91 Å². The summed E-state index contributed by atoms with van der Waals surface area (Å²) < 4.78 is 0. The number of aromatic nitrogens is 1. The minimum absolute atomic E-state index is 0.0425. The number of aromatic amines is 1. The van der Waals surface area contributed by atoms with Crippen LogP contribution in [-0.2, 0) is 4.79 Å². The Morgan fingerprint density at radius 3 is 2.53 bits per heavy atom. The summed E-state index contributed by atoms with van der Waals surface area (Å²) >= 11 is 0. The van der Waals surface area contributed by atoms with Gasteiger partial charge in [0, 0.05) is 40.7 Å². The van der Waals surface area contributed by atoms with Gasteiger partial charge in [-0.25, -0.2) is 0 Å². The number of amides is 2. The fourth-order valence-corrected chi connectivity index (χ4v) is 4.51. The maximum Gasteiger partial charge on any atom is 0.255 e. The first-order valence-electron chi connectivity index (χ1n) is 10.7. The van der Waals surface area contributed by atoms with Crippen LogP contribution in [0.4, 0.5) is 5.69 Å². The molecule has 0 aliphatic carbocycles. The van der Waals surface area contributed by atoms with Crippen molar-refractivity contribution in [3.05, 3.63) is 101 Å². The number of hydrogen-bond donors (Lipinski definition) is 3. The maximum atomic E-state index is 13.3. The molecule has 0 bridgehead atoms. The van der Waals surface area contributed by atoms with Crippen molar-refractivity contribution in [2.75, 3.05) is 12.0 Å². The summed E-state index contributed by atoms with van der Waals surface area (Å²) in [5.41, 5.74) is 11.3. The molecule has 1 aromatic heterocycles. The van der Waals surface area contributed by atoms with Crippen LogP contribution in [0.1, 0.15) is 39.6 Å². The average Bonchev–Trinajstić information content (AvgIpc) is 3.29. The number of hydrogen-bond acceptors (Lipinski definition) is 3. The fraction of sp³-hybridized carbons (Fsp3) is 0.154. The van der Waals surface area contributed by atoms with Gasteiger partial charge in [-0.05, 0) is 36.8 Å². The molecule has 1 aliphatic heterocycles. The standard InChI is InChI=1S/C26H24N4O2/c1-17-24(21-13-7-8-14-22(21)27-17)25-19-11-5-6-12-20(19)26(32)30(25)16-15-23(31)29-28-18-9-3-2-4-10-18/h2-14,25,27-28H,15-16H2,1H3,(H,29,31)/t25-/m1/s1. The van der Waals surface area contributed by atoms with Crippen LogP contribution >= 0.6 is 0 Å². The highest BCUT2D eigenvalue weighted by Gasteiger charge is 2.39. The van der Waals surface area contributed by atoms with E-state index in [0.717, 1.165) is 33.4 Å². The number of carbonyl (C=O) groups excluding carboxylic acids is 2. The minimum Gasteiger partial charge on any atom is -0.358 e. The van der Waals surface area contributed by atoms with Crippen molar-refractivity contribution in [2.45, 2.75) is 19.4 Å². The second kappa shape index (κ2) is 8.23. The van der Waals surface area contributed by atoms with Crippen LogP contribution in [0.15, 0.2) is 78.9 Å². The number of aryl methyl sites for hydroxylation is 1. The number of anilines is 1. The highest BCUT2D eigenvalue weighted by molar-refractivity contribution is 6.01. The molecule has 1 aliphatic rings. The monoisotopic (exact) mass is 424 g/mol. The van der Waals surface area contributed by atoms with Crippen LogP contribution in [0, 0.1) is 6.92 Å². The predicted octanol–water partition coefficient (Wildman–Crippen LogP) is 4.55. The molecule has 160 valence electrons. The number of fused-ring (bicyclic) bond motifs is 2. The Bertz CT molecular complexity index is 1300. The first kappa shape index (κ1) is 19.9. The van der Waals surface area contributed by atoms with E-state index in [1.165, 1.54) is 0 Å². The Balaban J connectivity index is 1.41. The van der Waals surface area contributed by atoms with Crippen molar-refractivity contribution in [3.8, 4) is 0 Å². The number of carbonyl (C=O) groups is 2. The zero-order valence-electron chi connectivity index (χ0n) is 17.8. The SMILES string of the molecule is Cc1[nH]c2ccccc2c1[C@H]1c2ccccc2C(=O)N1CCC(=O)NNc1ccccc1. The van der Waals surface area contributed by atoms with Crippen molar-refractivity contribution in [1.29, 1.82) is 0 Å². The van der Waals surface area contributed by atoms with Gasteiger partial charge in [-0.1, -0.05) is 54.6 Å². The van der Waals surface area contributed by atoms with Crippen molar-refractivity contribution in [3.63, 3.8) is 0 Å². The normalized spacial score (nSPS) is 15.1. The molecule has 0 radical (unpaired) electrons. The summed E-state index contributed by atoms with van der Waals surface area (Å²) in [6.07, 6.45) is 0.192. The molecule has 5 rings (SSSR count). The van der Waals surface area contributed by atoms with Crippen LogP contribution in [-0.4, -0.2) is 28.2 Å². The molecule has 1 atom stereocenters. The van der Waals surface area contributed by atoms with E-state index in [9.17, 15) is 9.59 Å². The fourth-order valence-electron chi connectivity index (χ4n) is 4.51. The lowest BCUT2D eigenvalue weighted by atomic mass is 9.95. The van der Waals surface area contributed by atoms with Gasteiger partial charge >= 0.3 is 0 Å². The molecule has 3 aromatic carbocycles. The maximum absolute atomic E-state index is 13.3. The predicted molar refractivity (Wildman–Crippen MR) is 125 cm³/mol. The molecule has 0 spiro atoms. The second-order valence-corrected chi connectivity index (χ2v) is 7.99. The highest BCUT2D eigenvalue weighted by Crippen LogP contribution is 2.42. The van der Waals surface area contributed by atoms with Gasteiger partial charge in [-0.15, -0.1) is 0 Å². The third kappa shape index (κ3) is 3.50. The lowest BCUT2D eigenvalue weighted by Crippen LogP contribution is -2.35. The van der Waals surface area contributed by atoms with E-state index < -0.39 is 0 Å². The second-order valence-electron chi connectivity index (χ2n) is 7.99. The Morgan fingerprint density at radius 1 is 0.969 bits per heavy atom. The van der Waals surface area contributed by atoms with Gasteiger partial charge in [0.1, 0.15) is 0 Å². The van der Waals surface area contributed by atoms with Crippen LogP contribution in [0.3, 0.4) is 0 Å². The van der Waals surface area contributed by atoms with Gasteiger partial charge in [-0.3, -0.25) is 20.4 Å². The molecule has 2 heterocycles. The summed E-state index contributed by atoms with van der Waals surface area (Å²) in [6.45, 7) is 2.36. The number of para-hydroxylation sites is 2. The summed E-state index contributed by atoms with van der Waals surface area (Å²) in [5.74, 6) is -0.217. The average molecular weight is 425 g/mol. The Labute approximate surface area is 186 Å². The summed E-state index contributed by atoms with van der Waals surface area (Å²) in [5, 5.41) is 1.10. The Hall–Kier alpha value is -4.06. The highest BCUT2D eigenvalue weighted by atomic mass is 16.2. The summed E-state index contributed by atoms with van der Waals surface area (Å²) in [7, 11) is 0.